The largest absolute Gasteiger partial charge is 0.204 e. The van der Waals surface area contributed by atoms with Crippen molar-refractivity contribution in [1.29, 1.82) is 0 Å². The molecule has 3 rings (SSSR count). The molecule has 146 valence electrons. The molecule has 1 unspecified atom stereocenters. The molecular weight excluding hydrogens is 372 g/mol. The van der Waals surface area contributed by atoms with Crippen LogP contribution in [0, 0.1) is 41.2 Å². The van der Waals surface area contributed by atoms with E-state index in [1.54, 1.807) is 0 Å². The summed E-state index contributed by atoms with van der Waals surface area (Å²) in [5, 5.41) is 1.99. The van der Waals surface area contributed by atoms with Crippen LogP contribution in [0.3, 0.4) is 0 Å². The number of nitrogens with zero attached hydrogens (tertiary/aromatic N) is 1. The minimum atomic E-state index is -0.772. The second-order valence-electron chi connectivity index (χ2n) is 7.91. The standard InChI is InChI=1S/C24H25F2NS/c1-3-17-4-8-20(9-5-17)21-11-10-19(16(2)12-21)7-6-18-13-22(25)24(27-15-28)23(26)14-18/h3,13-14,17,20-21H,1,4-5,8-12H2,2H3. The van der Waals surface area contributed by atoms with Crippen LogP contribution in [0.15, 0.2) is 40.9 Å². The summed E-state index contributed by atoms with van der Waals surface area (Å²) < 4.78 is 27.9. The number of hydrogen-bond acceptors (Lipinski definition) is 2. The summed E-state index contributed by atoms with van der Waals surface area (Å²) in [5.74, 6) is 6.75. The molecule has 1 saturated carbocycles. The Bertz CT molecular complexity index is 868. The van der Waals surface area contributed by atoms with E-state index in [4.69, 9.17) is 0 Å². The van der Waals surface area contributed by atoms with Gasteiger partial charge < -0.3 is 0 Å². The number of isothiocyanates is 1. The molecule has 0 radical (unpaired) electrons. The van der Waals surface area contributed by atoms with Crippen LogP contribution < -0.4 is 0 Å². The Morgan fingerprint density at radius 2 is 1.75 bits per heavy atom. The molecule has 1 nitrogen and oxygen atoms in total. The lowest BCUT2D eigenvalue weighted by Crippen LogP contribution is -2.23. The van der Waals surface area contributed by atoms with Crippen molar-refractivity contribution >= 4 is 23.1 Å². The van der Waals surface area contributed by atoms with Crippen LogP contribution >= 0.6 is 12.2 Å². The molecule has 1 fully saturated rings. The fourth-order valence-electron chi connectivity index (χ4n) is 4.52. The van der Waals surface area contributed by atoms with E-state index in [-0.39, 0.29) is 0 Å². The first kappa shape index (κ1) is 20.6. The fraction of sp³-hybridized carbons (Fsp3) is 0.458. The maximum atomic E-state index is 13.9. The van der Waals surface area contributed by atoms with E-state index < -0.39 is 17.3 Å². The summed E-state index contributed by atoms with van der Waals surface area (Å²) in [4.78, 5) is 3.42. The van der Waals surface area contributed by atoms with E-state index in [1.165, 1.54) is 43.4 Å². The first-order chi connectivity index (χ1) is 13.5. The zero-order chi connectivity index (χ0) is 20.1. The van der Waals surface area contributed by atoms with E-state index >= 15 is 0 Å². The molecule has 4 heteroatoms. The average molecular weight is 398 g/mol. The maximum Gasteiger partial charge on any atom is 0.153 e. The van der Waals surface area contributed by atoms with Gasteiger partial charge in [0.1, 0.15) is 5.69 Å². The van der Waals surface area contributed by atoms with Crippen molar-refractivity contribution in [3.63, 3.8) is 0 Å². The predicted octanol–water partition coefficient (Wildman–Crippen LogP) is 7.16. The highest BCUT2D eigenvalue weighted by atomic mass is 32.1. The maximum absolute atomic E-state index is 13.9. The van der Waals surface area contributed by atoms with Gasteiger partial charge in [0.2, 0.25) is 0 Å². The van der Waals surface area contributed by atoms with Gasteiger partial charge in [0.05, 0.1) is 5.16 Å². The second-order valence-corrected chi connectivity index (χ2v) is 8.10. The summed E-state index contributed by atoms with van der Waals surface area (Å²) in [6.45, 7) is 6.07. The van der Waals surface area contributed by atoms with Gasteiger partial charge in [-0.3, -0.25) is 0 Å². The molecule has 0 saturated heterocycles. The summed E-state index contributed by atoms with van der Waals surface area (Å²) in [7, 11) is 0. The lowest BCUT2D eigenvalue weighted by atomic mass is 9.70. The van der Waals surface area contributed by atoms with Crippen molar-refractivity contribution in [2.75, 3.05) is 0 Å². The van der Waals surface area contributed by atoms with Gasteiger partial charge in [-0.1, -0.05) is 23.5 Å². The molecule has 0 N–H and O–H groups in total. The average Bonchev–Trinajstić information content (AvgIpc) is 2.70. The molecule has 0 heterocycles. The normalized spacial score (nSPS) is 24.8. The molecule has 2 aliphatic rings. The van der Waals surface area contributed by atoms with Gasteiger partial charge in [-0.25, -0.2) is 8.78 Å². The third-order valence-electron chi connectivity index (χ3n) is 6.20. The molecule has 1 atom stereocenters. The van der Waals surface area contributed by atoms with E-state index in [1.807, 2.05) is 5.16 Å². The summed E-state index contributed by atoms with van der Waals surface area (Å²) in [6, 6.07) is 2.39. The van der Waals surface area contributed by atoms with E-state index in [0.29, 0.717) is 11.5 Å². The van der Waals surface area contributed by atoms with Crippen LogP contribution in [-0.2, 0) is 0 Å². The number of rotatable bonds is 3. The summed E-state index contributed by atoms with van der Waals surface area (Å²) >= 11 is 4.42. The highest BCUT2D eigenvalue weighted by Crippen LogP contribution is 2.41. The predicted molar refractivity (Wildman–Crippen MR) is 114 cm³/mol. The number of allylic oxidation sites excluding steroid dienone is 3. The van der Waals surface area contributed by atoms with Gasteiger partial charge in [0.15, 0.2) is 11.6 Å². The summed E-state index contributed by atoms with van der Waals surface area (Å²) in [6.07, 6.45) is 10.4. The molecular formula is C24H25F2NS. The molecule has 28 heavy (non-hydrogen) atoms. The minimum Gasteiger partial charge on any atom is -0.204 e. The van der Waals surface area contributed by atoms with Crippen molar-refractivity contribution in [2.45, 2.75) is 51.9 Å². The van der Waals surface area contributed by atoms with Crippen LogP contribution in [0.2, 0.25) is 0 Å². The zero-order valence-corrected chi connectivity index (χ0v) is 17.0. The molecule has 1 aromatic carbocycles. The highest BCUT2D eigenvalue weighted by Gasteiger charge is 2.29. The van der Waals surface area contributed by atoms with E-state index in [0.717, 1.165) is 36.7 Å². The van der Waals surface area contributed by atoms with Gasteiger partial charge in [0, 0.05) is 11.1 Å². The second kappa shape index (κ2) is 9.41. The third kappa shape index (κ3) is 4.85. The van der Waals surface area contributed by atoms with Crippen LogP contribution in [-0.4, -0.2) is 5.16 Å². The lowest BCUT2D eigenvalue weighted by Gasteiger charge is -2.35. The van der Waals surface area contributed by atoms with Gasteiger partial charge in [-0.15, -0.1) is 6.58 Å². The number of benzene rings is 1. The first-order valence-electron chi connectivity index (χ1n) is 9.92. The van der Waals surface area contributed by atoms with Crippen molar-refractivity contribution < 1.29 is 8.78 Å². The number of hydrogen-bond donors (Lipinski definition) is 0. The van der Waals surface area contributed by atoms with Gasteiger partial charge in [-0.05, 0) is 94.0 Å². The SMILES string of the molecule is C=CC1CCC(C2CCC(C#Cc3cc(F)c(N=C=S)c(F)c3)=C(C)C2)CC1. The Balaban J connectivity index is 1.70. The molecule has 0 aliphatic heterocycles. The minimum absolute atomic E-state index is 0.309. The Morgan fingerprint density at radius 3 is 2.32 bits per heavy atom. The van der Waals surface area contributed by atoms with Crippen LogP contribution in [0.5, 0.6) is 0 Å². The summed E-state index contributed by atoms with van der Waals surface area (Å²) in [5.41, 5.74) is 2.32. The Hall–Kier alpha value is -2.08. The molecule has 0 spiro atoms. The molecule has 0 amide bonds. The van der Waals surface area contributed by atoms with E-state index in [9.17, 15) is 8.78 Å². The highest BCUT2D eigenvalue weighted by molar-refractivity contribution is 7.78. The first-order valence-corrected chi connectivity index (χ1v) is 10.3. The van der Waals surface area contributed by atoms with E-state index in [2.05, 4.69) is 48.6 Å². The number of aliphatic imine (C=N–C) groups is 1. The molecule has 0 aromatic heterocycles. The van der Waals surface area contributed by atoms with Crippen molar-refractivity contribution in [3.8, 4) is 11.8 Å². The lowest BCUT2D eigenvalue weighted by molar-refractivity contribution is 0.207. The topological polar surface area (TPSA) is 12.4 Å². The molecule has 1 aromatic rings. The smallest absolute Gasteiger partial charge is 0.153 e. The van der Waals surface area contributed by atoms with Gasteiger partial charge >= 0.3 is 0 Å². The van der Waals surface area contributed by atoms with Gasteiger partial charge in [-0.2, -0.15) is 4.99 Å². The Kier molecular flexibility index (Phi) is 6.94. The number of thiocarbonyl (C=S) groups is 1. The van der Waals surface area contributed by atoms with Crippen LogP contribution in [0.1, 0.15) is 57.4 Å². The Labute approximate surface area is 171 Å². The van der Waals surface area contributed by atoms with Crippen LogP contribution in [0.4, 0.5) is 14.5 Å². The van der Waals surface area contributed by atoms with Crippen molar-refractivity contribution in [3.05, 3.63) is 53.1 Å². The molecule has 0 bridgehead atoms. The Morgan fingerprint density at radius 1 is 1.07 bits per heavy atom. The molecule has 2 aliphatic carbocycles. The van der Waals surface area contributed by atoms with Gasteiger partial charge in [0.25, 0.3) is 0 Å². The monoisotopic (exact) mass is 397 g/mol. The van der Waals surface area contributed by atoms with Crippen molar-refractivity contribution in [2.24, 2.45) is 22.7 Å². The van der Waals surface area contributed by atoms with Crippen LogP contribution in [0.25, 0.3) is 0 Å². The van der Waals surface area contributed by atoms with Crippen molar-refractivity contribution in [1.82, 2.24) is 0 Å². The zero-order valence-electron chi connectivity index (χ0n) is 16.2. The quantitative estimate of drug-likeness (QED) is 0.228. The fourth-order valence-corrected chi connectivity index (χ4v) is 4.61. The third-order valence-corrected chi connectivity index (χ3v) is 6.29. The number of halogens is 2.